The largest absolute Gasteiger partial charge is 0.378 e. The molecule has 1 N–H and O–H groups in total. The van der Waals surface area contributed by atoms with E-state index < -0.39 is 0 Å². The van der Waals surface area contributed by atoms with Crippen LogP contribution in [0.1, 0.15) is 39.2 Å². The van der Waals surface area contributed by atoms with Crippen molar-refractivity contribution in [1.29, 1.82) is 0 Å². The summed E-state index contributed by atoms with van der Waals surface area (Å²) in [5, 5.41) is 3.37. The third-order valence-electron chi connectivity index (χ3n) is 3.53. The fourth-order valence-corrected chi connectivity index (χ4v) is 2.38. The second-order valence-electron chi connectivity index (χ2n) is 5.57. The minimum Gasteiger partial charge on any atom is -0.378 e. The van der Waals surface area contributed by atoms with E-state index in [0.29, 0.717) is 12.1 Å². The summed E-state index contributed by atoms with van der Waals surface area (Å²) >= 11 is 0. The quantitative estimate of drug-likeness (QED) is 0.862. The molecule has 1 aromatic heterocycles. The molecule has 0 aliphatic carbocycles. The highest BCUT2D eigenvalue weighted by Crippen LogP contribution is 2.17. The van der Waals surface area contributed by atoms with Gasteiger partial charge in [0.15, 0.2) is 0 Å². The van der Waals surface area contributed by atoms with Crippen molar-refractivity contribution in [3.8, 4) is 0 Å². The number of hydrogen-bond donors (Lipinski definition) is 1. The van der Waals surface area contributed by atoms with E-state index in [1.54, 1.807) is 0 Å². The van der Waals surface area contributed by atoms with Crippen molar-refractivity contribution >= 4 is 5.95 Å². The number of nitrogens with one attached hydrogen (secondary N) is 1. The molecule has 0 bridgehead atoms. The zero-order valence-corrected chi connectivity index (χ0v) is 12.8. The highest BCUT2D eigenvalue weighted by molar-refractivity contribution is 5.30. The smallest absolute Gasteiger partial charge is 0.225 e. The SMILES string of the molecule is CCOC1CCN(c2ncc(CNC(C)C)cn2)CC1. The zero-order valence-electron chi connectivity index (χ0n) is 12.8. The number of aromatic nitrogens is 2. The average Bonchev–Trinajstić information content (AvgIpc) is 2.47. The minimum absolute atomic E-state index is 0.408. The number of piperidine rings is 1. The fraction of sp³-hybridized carbons (Fsp3) is 0.733. The molecule has 2 heterocycles. The lowest BCUT2D eigenvalue weighted by Gasteiger charge is -2.31. The Kier molecular flexibility index (Phi) is 5.73. The van der Waals surface area contributed by atoms with Gasteiger partial charge in [-0.2, -0.15) is 0 Å². The van der Waals surface area contributed by atoms with Crippen LogP contribution >= 0.6 is 0 Å². The average molecular weight is 278 g/mol. The second-order valence-corrected chi connectivity index (χ2v) is 5.57. The fourth-order valence-electron chi connectivity index (χ4n) is 2.38. The third kappa shape index (κ3) is 4.42. The minimum atomic E-state index is 0.408. The first-order chi connectivity index (χ1) is 9.69. The predicted molar refractivity (Wildman–Crippen MR) is 80.9 cm³/mol. The predicted octanol–water partition coefficient (Wildman–Crippen LogP) is 1.98. The van der Waals surface area contributed by atoms with Gasteiger partial charge in [0.25, 0.3) is 0 Å². The lowest BCUT2D eigenvalue weighted by molar-refractivity contribution is 0.0457. The van der Waals surface area contributed by atoms with Crippen molar-refractivity contribution in [3.05, 3.63) is 18.0 Å². The maximum Gasteiger partial charge on any atom is 0.225 e. The number of rotatable bonds is 6. The molecule has 0 spiro atoms. The first kappa shape index (κ1) is 15.2. The van der Waals surface area contributed by atoms with Crippen molar-refractivity contribution < 1.29 is 4.74 Å². The third-order valence-corrected chi connectivity index (χ3v) is 3.53. The van der Waals surface area contributed by atoms with Crippen LogP contribution in [0.2, 0.25) is 0 Å². The Morgan fingerprint density at radius 3 is 2.50 bits per heavy atom. The highest BCUT2D eigenvalue weighted by atomic mass is 16.5. The van der Waals surface area contributed by atoms with Gasteiger partial charge in [-0.1, -0.05) is 13.8 Å². The van der Waals surface area contributed by atoms with Gasteiger partial charge in [0.05, 0.1) is 6.10 Å². The molecule has 5 nitrogen and oxygen atoms in total. The summed E-state index contributed by atoms with van der Waals surface area (Å²) in [6.45, 7) is 9.92. The van der Waals surface area contributed by atoms with Crippen LogP contribution < -0.4 is 10.2 Å². The Balaban J connectivity index is 1.84. The normalized spacial score (nSPS) is 16.9. The molecule has 5 heteroatoms. The summed E-state index contributed by atoms with van der Waals surface area (Å²) in [4.78, 5) is 11.2. The molecule has 0 radical (unpaired) electrons. The van der Waals surface area contributed by atoms with Crippen molar-refractivity contribution in [1.82, 2.24) is 15.3 Å². The van der Waals surface area contributed by atoms with Crippen LogP contribution in [0.3, 0.4) is 0 Å². The van der Waals surface area contributed by atoms with Crippen molar-refractivity contribution in [2.45, 2.75) is 52.3 Å². The molecule has 1 saturated heterocycles. The molecule has 0 unspecified atom stereocenters. The molecule has 0 atom stereocenters. The lowest BCUT2D eigenvalue weighted by Crippen LogP contribution is -2.38. The Morgan fingerprint density at radius 2 is 1.95 bits per heavy atom. The van der Waals surface area contributed by atoms with Crippen LogP contribution in [0.15, 0.2) is 12.4 Å². The van der Waals surface area contributed by atoms with E-state index in [2.05, 4.69) is 41.0 Å². The van der Waals surface area contributed by atoms with Gasteiger partial charge in [0.1, 0.15) is 0 Å². The highest BCUT2D eigenvalue weighted by Gasteiger charge is 2.20. The number of ether oxygens (including phenoxy) is 1. The molecule has 1 aromatic rings. The van der Waals surface area contributed by atoms with Crippen molar-refractivity contribution in [3.63, 3.8) is 0 Å². The molecule has 0 saturated carbocycles. The maximum atomic E-state index is 5.66. The summed E-state index contributed by atoms with van der Waals surface area (Å²) in [5.74, 6) is 0.841. The van der Waals surface area contributed by atoms with Crippen LogP contribution in [-0.2, 0) is 11.3 Å². The summed E-state index contributed by atoms with van der Waals surface area (Å²) in [6.07, 6.45) is 6.38. The first-order valence-corrected chi connectivity index (χ1v) is 7.60. The molecule has 20 heavy (non-hydrogen) atoms. The Hall–Kier alpha value is -1.20. The van der Waals surface area contributed by atoms with Crippen LogP contribution in [0, 0.1) is 0 Å². The molecule has 1 aliphatic rings. The molecule has 0 aromatic carbocycles. The Morgan fingerprint density at radius 1 is 1.30 bits per heavy atom. The van der Waals surface area contributed by atoms with Crippen molar-refractivity contribution in [2.75, 3.05) is 24.6 Å². The molecule has 2 rings (SSSR count). The standard InChI is InChI=1S/C15H26N4O/c1-4-20-14-5-7-19(8-6-14)15-17-10-13(11-18-15)9-16-12(2)3/h10-12,14,16H,4-9H2,1-3H3. The van der Waals surface area contributed by atoms with Crippen LogP contribution in [-0.4, -0.2) is 41.8 Å². The molecule has 1 fully saturated rings. The Bertz CT molecular complexity index is 385. The van der Waals surface area contributed by atoms with E-state index >= 15 is 0 Å². The van der Waals surface area contributed by atoms with Gasteiger partial charge in [-0.3, -0.25) is 0 Å². The van der Waals surface area contributed by atoms with Gasteiger partial charge >= 0.3 is 0 Å². The number of nitrogens with zero attached hydrogens (tertiary/aromatic N) is 3. The van der Waals surface area contributed by atoms with Gasteiger partial charge in [-0.05, 0) is 19.8 Å². The summed E-state index contributed by atoms with van der Waals surface area (Å²) in [5.41, 5.74) is 1.13. The van der Waals surface area contributed by atoms with Crippen LogP contribution in [0.25, 0.3) is 0 Å². The second kappa shape index (κ2) is 7.55. The molecule has 1 aliphatic heterocycles. The van der Waals surface area contributed by atoms with E-state index in [1.807, 2.05) is 12.4 Å². The van der Waals surface area contributed by atoms with Gasteiger partial charge in [0.2, 0.25) is 5.95 Å². The molecular formula is C15H26N4O. The first-order valence-electron chi connectivity index (χ1n) is 7.60. The summed E-state index contributed by atoms with van der Waals surface area (Å²) in [6, 6.07) is 0.479. The molecule has 112 valence electrons. The monoisotopic (exact) mass is 278 g/mol. The van der Waals surface area contributed by atoms with Gasteiger partial charge < -0.3 is 15.0 Å². The van der Waals surface area contributed by atoms with E-state index in [4.69, 9.17) is 4.74 Å². The number of hydrogen-bond acceptors (Lipinski definition) is 5. The maximum absolute atomic E-state index is 5.66. The topological polar surface area (TPSA) is 50.3 Å². The van der Waals surface area contributed by atoms with Gasteiger partial charge in [-0.25, -0.2) is 9.97 Å². The summed E-state index contributed by atoms with van der Waals surface area (Å²) < 4.78 is 5.66. The van der Waals surface area contributed by atoms with E-state index in [1.165, 1.54) is 0 Å². The van der Waals surface area contributed by atoms with E-state index in [0.717, 1.165) is 50.6 Å². The van der Waals surface area contributed by atoms with Gasteiger partial charge in [-0.15, -0.1) is 0 Å². The van der Waals surface area contributed by atoms with Crippen LogP contribution in [0.4, 0.5) is 5.95 Å². The molecule has 0 amide bonds. The molecular weight excluding hydrogens is 252 g/mol. The lowest BCUT2D eigenvalue weighted by atomic mass is 10.1. The summed E-state index contributed by atoms with van der Waals surface area (Å²) in [7, 11) is 0. The van der Waals surface area contributed by atoms with Crippen LogP contribution in [0.5, 0.6) is 0 Å². The van der Waals surface area contributed by atoms with Gasteiger partial charge in [0, 0.05) is 50.2 Å². The zero-order chi connectivity index (χ0) is 14.4. The Labute approximate surface area is 121 Å². The van der Waals surface area contributed by atoms with Crippen molar-refractivity contribution in [2.24, 2.45) is 0 Å². The number of anilines is 1. The van der Waals surface area contributed by atoms with E-state index in [-0.39, 0.29) is 0 Å². The van der Waals surface area contributed by atoms with E-state index in [9.17, 15) is 0 Å².